The van der Waals surface area contributed by atoms with Gasteiger partial charge in [0.05, 0.1) is 41.3 Å². The molecule has 138 valence electrons. The molecule has 0 saturated carbocycles. The third kappa shape index (κ3) is 3.05. The van der Waals surface area contributed by atoms with E-state index in [0.717, 1.165) is 52.3 Å². The summed E-state index contributed by atoms with van der Waals surface area (Å²) < 4.78 is 7.19. The second kappa shape index (κ2) is 6.88. The molecule has 0 spiro atoms. The first kappa shape index (κ1) is 16.6. The minimum atomic E-state index is -0.0262. The van der Waals surface area contributed by atoms with Crippen LogP contribution in [-0.4, -0.2) is 46.9 Å². The Morgan fingerprint density at radius 1 is 1.37 bits per heavy atom. The number of H-pyrrole nitrogens is 1. The average molecular weight is 380 g/mol. The van der Waals surface area contributed by atoms with E-state index in [9.17, 15) is 0 Å². The number of anilines is 1. The lowest BCUT2D eigenvalue weighted by molar-refractivity contribution is 0.0402. The number of hydrogen-bond acceptors (Lipinski definition) is 7. The third-order valence-electron chi connectivity index (χ3n) is 4.87. The lowest BCUT2D eigenvalue weighted by Gasteiger charge is -2.33. The Morgan fingerprint density at radius 2 is 2.33 bits per heavy atom. The van der Waals surface area contributed by atoms with Crippen molar-refractivity contribution >= 4 is 38.4 Å². The standard InChI is InChI=1S/C19H20N6OS/c1-20-8-12-7-16-18(27-12)10-21-19(23-16)25-5-6-26-17(11-25)13-3-2-4-15-14(13)9-22-24-15/h2-4,7,9-10,17,20H,5-6,8,11H2,1H3,(H,22,24). The summed E-state index contributed by atoms with van der Waals surface area (Å²) >= 11 is 1.74. The molecule has 1 aromatic carbocycles. The van der Waals surface area contributed by atoms with Crippen molar-refractivity contribution in [1.29, 1.82) is 0 Å². The zero-order chi connectivity index (χ0) is 18.2. The Kier molecular flexibility index (Phi) is 4.23. The second-order valence-corrected chi connectivity index (χ2v) is 7.81. The lowest BCUT2D eigenvalue weighted by Crippen LogP contribution is -2.39. The van der Waals surface area contributed by atoms with Gasteiger partial charge in [0.2, 0.25) is 5.95 Å². The van der Waals surface area contributed by atoms with Crippen molar-refractivity contribution in [2.24, 2.45) is 0 Å². The molecule has 0 aliphatic carbocycles. The Hall–Kier alpha value is -2.55. The van der Waals surface area contributed by atoms with Crippen LogP contribution >= 0.6 is 11.3 Å². The minimum Gasteiger partial charge on any atom is -0.370 e. The molecule has 5 rings (SSSR count). The molecule has 1 saturated heterocycles. The number of nitrogens with one attached hydrogen (secondary N) is 2. The Bertz CT molecular complexity index is 1090. The van der Waals surface area contributed by atoms with Gasteiger partial charge in [0, 0.05) is 23.4 Å². The van der Waals surface area contributed by atoms with Crippen LogP contribution < -0.4 is 10.2 Å². The van der Waals surface area contributed by atoms with Crippen LogP contribution in [0.1, 0.15) is 16.5 Å². The van der Waals surface area contributed by atoms with Crippen LogP contribution in [0.5, 0.6) is 0 Å². The van der Waals surface area contributed by atoms with E-state index >= 15 is 0 Å². The fourth-order valence-corrected chi connectivity index (χ4v) is 4.57. The smallest absolute Gasteiger partial charge is 0.226 e. The first-order valence-electron chi connectivity index (χ1n) is 9.00. The van der Waals surface area contributed by atoms with Gasteiger partial charge in [-0.05, 0) is 24.7 Å². The molecule has 0 amide bonds. The highest BCUT2D eigenvalue weighted by atomic mass is 32.1. The van der Waals surface area contributed by atoms with Crippen LogP contribution in [0.2, 0.25) is 0 Å². The zero-order valence-electron chi connectivity index (χ0n) is 15.0. The predicted octanol–water partition coefficient (Wildman–Crippen LogP) is 2.86. The molecule has 1 aliphatic rings. The summed E-state index contributed by atoms with van der Waals surface area (Å²) in [5.41, 5.74) is 3.19. The first-order valence-corrected chi connectivity index (χ1v) is 9.82. The number of morpholine rings is 1. The molecule has 7 nitrogen and oxygen atoms in total. The minimum absolute atomic E-state index is 0.0262. The van der Waals surface area contributed by atoms with Gasteiger partial charge in [-0.3, -0.25) is 5.10 Å². The summed E-state index contributed by atoms with van der Waals surface area (Å²) in [6, 6.07) is 8.32. The van der Waals surface area contributed by atoms with Crippen molar-refractivity contribution < 1.29 is 4.74 Å². The Morgan fingerprint density at radius 3 is 3.26 bits per heavy atom. The van der Waals surface area contributed by atoms with E-state index in [1.807, 2.05) is 31.6 Å². The van der Waals surface area contributed by atoms with E-state index in [0.29, 0.717) is 6.61 Å². The number of fused-ring (bicyclic) bond motifs is 2. The largest absolute Gasteiger partial charge is 0.370 e. The van der Waals surface area contributed by atoms with Crippen LogP contribution in [0.15, 0.2) is 36.7 Å². The van der Waals surface area contributed by atoms with Crippen molar-refractivity contribution in [3.63, 3.8) is 0 Å². The van der Waals surface area contributed by atoms with Crippen molar-refractivity contribution in [1.82, 2.24) is 25.5 Å². The van der Waals surface area contributed by atoms with Crippen molar-refractivity contribution in [3.8, 4) is 0 Å². The Labute approximate surface area is 160 Å². The molecular weight excluding hydrogens is 360 g/mol. The summed E-state index contributed by atoms with van der Waals surface area (Å²) in [7, 11) is 1.95. The highest BCUT2D eigenvalue weighted by molar-refractivity contribution is 7.18. The van der Waals surface area contributed by atoms with E-state index < -0.39 is 0 Å². The quantitative estimate of drug-likeness (QED) is 0.567. The van der Waals surface area contributed by atoms with E-state index in [4.69, 9.17) is 9.72 Å². The lowest BCUT2D eigenvalue weighted by atomic mass is 10.0. The predicted molar refractivity (Wildman–Crippen MR) is 107 cm³/mol. The van der Waals surface area contributed by atoms with E-state index in [1.165, 1.54) is 4.88 Å². The van der Waals surface area contributed by atoms with Gasteiger partial charge in [0.15, 0.2) is 0 Å². The van der Waals surface area contributed by atoms with Crippen LogP contribution in [0.3, 0.4) is 0 Å². The summed E-state index contributed by atoms with van der Waals surface area (Å²) in [5.74, 6) is 0.768. The van der Waals surface area contributed by atoms with E-state index in [2.05, 4.69) is 37.5 Å². The normalized spacial score (nSPS) is 17.8. The van der Waals surface area contributed by atoms with Gasteiger partial charge in [-0.2, -0.15) is 5.10 Å². The molecule has 3 aromatic heterocycles. The fourth-order valence-electron chi connectivity index (χ4n) is 3.58. The van der Waals surface area contributed by atoms with Crippen molar-refractivity contribution in [2.75, 3.05) is 31.6 Å². The van der Waals surface area contributed by atoms with Crippen molar-refractivity contribution in [2.45, 2.75) is 12.6 Å². The summed E-state index contributed by atoms with van der Waals surface area (Å²) in [5, 5.41) is 11.5. The van der Waals surface area contributed by atoms with Crippen LogP contribution in [0, 0.1) is 0 Å². The molecule has 1 aliphatic heterocycles. The number of benzene rings is 1. The van der Waals surface area contributed by atoms with Crippen LogP contribution in [-0.2, 0) is 11.3 Å². The molecule has 4 heterocycles. The number of nitrogens with zero attached hydrogens (tertiary/aromatic N) is 4. The number of ether oxygens (including phenoxy) is 1. The fraction of sp³-hybridized carbons (Fsp3) is 0.316. The molecule has 27 heavy (non-hydrogen) atoms. The van der Waals surface area contributed by atoms with E-state index in [-0.39, 0.29) is 6.10 Å². The van der Waals surface area contributed by atoms with Crippen LogP contribution in [0.25, 0.3) is 21.1 Å². The molecular formula is C19H20N6OS. The number of aromatic nitrogens is 4. The van der Waals surface area contributed by atoms with Gasteiger partial charge in [-0.15, -0.1) is 11.3 Å². The molecule has 8 heteroatoms. The highest BCUT2D eigenvalue weighted by Gasteiger charge is 2.25. The SMILES string of the molecule is CNCc1cc2nc(N3CCOC(c4cccc5[nH]ncc45)C3)ncc2s1. The Balaban J connectivity index is 1.43. The number of hydrogen-bond donors (Lipinski definition) is 2. The molecule has 0 bridgehead atoms. The molecule has 2 N–H and O–H groups in total. The number of thiophene rings is 1. The average Bonchev–Trinajstić information content (AvgIpc) is 3.33. The molecule has 1 unspecified atom stereocenters. The maximum absolute atomic E-state index is 6.07. The third-order valence-corrected chi connectivity index (χ3v) is 5.93. The highest BCUT2D eigenvalue weighted by Crippen LogP contribution is 2.30. The maximum Gasteiger partial charge on any atom is 0.226 e. The maximum atomic E-state index is 6.07. The zero-order valence-corrected chi connectivity index (χ0v) is 15.8. The topological polar surface area (TPSA) is 79.0 Å². The van der Waals surface area contributed by atoms with Gasteiger partial charge >= 0.3 is 0 Å². The van der Waals surface area contributed by atoms with Crippen molar-refractivity contribution in [3.05, 3.63) is 47.1 Å². The van der Waals surface area contributed by atoms with Gasteiger partial charge in [-0.25, -0.2) is 9.97 Å². The molecule has 1 fully saturated rings. The summed E-state index contributed by atoms with van der Waals surface area (Å²) in [6.45, 7) is 3.01. The molecule has 0 radical (unpaired) electrons. The van der Waals surface area contributed by atoms with E-state index in [1.54, 1.807) is 11.3 Å². The summed E-state index contributed by atoms with van der Waals surface area (Å²) in [4.78, 5) is 12.9. The molecule has 1 atom stereocenters. The van der Waals surface area contributed by atoms with Gasteiger partial charge in [0.25, 0.3) is 0 Å². The molecule has 4 aromatic rings. The van der Waals surface area contributed by atoms with Gasteiger partial charge in [-0.1, -0.05) is 12.1 Å². The van der Waals surface area contributed by atoms with Crippen LogP contribution in [0.4, 0.5) is 5.95 Å². The first-order chi connectivity index (χ1) is 13.3. The number of aromatic amines is 1. The monoisotopic (exact) mass is 380 g/mol. The second-order valence-electron chi connectivity index (χ2n) is 6.65. The van der Waals surface area contributed by atoms with Gasteiger partial charge < -0.3 is 15.0 Å². The summed E-state index contributed by atoms with van der Waals surface area (Å²) in [6.07, 6.45) is 3.77. The number of rotatable bonds is 4. The van der Waals surface area contributed by atoms with Gasteiger partial charge in [0.1, 0.15) is 6.10 Å².